The normalized spacial score (nSPS) is 18.4. The minimum Gasteiger partial charge on any atom is -0.324 e. The lowest BCUT2D eigenvalue weighted by Crippen LogP contribution is -2.37. The predicted molar refractivity (Wildman–Crippen MR) is 68.0 cm³/mol. The molecule has 0 atom stereocenters. The summed E-state index contributed by atoms with van der Waals surface area (Å²) in [6, 6.07) is 4.40. The highest BCUT2D eigenvalue weighted by molar-refractivity contribution is 8.13. The Labute approximate surface area is 108 Å². The van der Waals surface area contributed by atoms with E-state index in [2.05, 4.69) is 5.32 Å². The number of hydrogen-bond donors (Lipinski definition) is 1. The number of thioether (sulfide) groups is 1. The van der Waals surface area contributed by atoms with E-state index in [1.807, 2.05) is 0 Å². The van der Waals surface area contributed by atoms with Crippen LogP contribution in [0, 0.1) is 0 Å². The topological polar surface area (TPSA) is 63.2 Å². The molecule has 1 heterocycles. The molecule has 1 amide bonds. The van der Waals surface area contributed by atoms with E-state index in [-0.39, 0.29) is 10.8 Å². The van der Waals surface area contributed by atoms with Crippen molar-refractivity contribution in [2.45, 2.75) is 28.4 Å². The summed E-state index contributed by atoms with van der Waals surface area (Å²) in [5.41, 5.74) is 0.614. The van der Waals surface area contributed by atoms with Gasteiger partial charge in [0.1, 0.15) is 0 Å². The molecule has 2 rings (SSSR count). The molecule has 0 bridgehead atoms. The number of nitrogens with one attached hydrogen (secondary N) is 1. The Hall–Kier alpha value is -0.720. The fourth-order valence-corrected chi connectivity index (χ4v) is 3.40. The Morgan fingerprint density at radius 1 is 1.35 bits per heavy atom. The molecule has 0 spiro atoms. The minimum absolute atomic E-state index is 0.0392. The van der Waals surface area contributed by atoms with E-state index < -0.39 is 13.8 Å². The number of carbonyl (C=O) groups excluding carboxylic acids is 1. The van der Waals surface area contributed by atoms with Gasteiger partial charge in [-0.25, -0.2) is 8.42 Å². The van der Waals surface area contributed by atoms with Crippen LogP contribution >= 0.6 is 22.4 Å². The number of rotatable bonds is 1. The van der Waals surface area contributed by atoms with Gasteiger partial charge in [-0.15, -0.1) is 11.8 Å². The molecule has 0 aliphatic carbocycles. The van der Waals surface area contributed by atoms with E-state index in [0.29, 0.717) is 10.6 Å². The van der Waals surface area contributed by atoms with Crippen molar-refractivity contribution in [2.75, 3.05) is 5.32 Å². The molecular formula is C10H10ClNO3S2. The average molecular weight is 292 g/mol. The van der Waals surface area contributed by atoms with Crippen LogP contribution in [-0.2, 0) is 13.8 Å². The van der Waals surface area contributed by atoms with Gasteiger partial charge in [-0.3, -0.25) is 4.79 Å². The van der Waals surface area contributed by atoms with Crippen molar-refractivity contribution < 1.29 is 13.2 Å². The molecule has 0 aromatic heterocycles. The maximum absolute atomic E-state index is 11.7. The van der Waals surface area contributed by atoms with Gasteiger partial charge in [0.15, 0.2) is 0 Å². The number of anilines is 1. The summed E-state index contributed by atoms with van der Waals surface area (Å²) in [5, 5.41) is 2.73. The quantitative estimate of drug-likeness (QED) is 0.807. The smallest absolute Gasteiger partial charge is 0.261 e. The van der Waals surface area contributed by atoms with Gasteiger partial charge in [-0.05, 0) is 32.0 Å². The Morgan fingerprint density at radius 2 is 2.00 bits per heavy atom. The molecule has 0 saturated carbocycles. The number of carbonyl (C=O) groups is 1. The van der Waals surface area contributed by atoms with Crippen LogP contribution in [0.1, 0.15) is 13.8 Å². The van der Waals surface area contributed by atoms with Crippen molar-refractivity contribution in [2.24, 2.45) is 0 Å². The first kappa shape index (κ1) is 12.7. The third-order valence-electron chi connectivity index (χ3n) is 2.39. The van der Waals surface area contributed by atoms with Gasteiger partial charge in [0.2, 0.25) is 5.91 Å². The van der Waals surface area contributed by atoms with Crippen molar-refractivity contribution in [3.63, 3.8) is 0 Å². The monoisotopic (exact) mass is 291 g/mol. The van der Waals surface area contributed by atoms with E-state index in [4.69, 9.17) is 10.7 Å². The molecule has 1 N–H and O–H groups in total. The molecule has 1 aliphatic rings. The second-order valence-electron chi connectivity index (χ2n) is 4.16. The lowest BCUT2D eigenvalue weighted by atomic mass is 10.1. The zero-order chi connectivity index (χ0) is 12.8. The van der Waals surface area contributed by atoms with E-state index >= 15 is 0 Å². The molecule has 0 unspecified atom stereocenters. The molecule has 4 nitrogen and oxygen atoms in total. The maximum Gasteiger partial charge on any atom is 0.261 e. The summed E-state index contributed by atoms with van der Waals surface area (Å²) < 4.78 is 21.8. The van der Waals surface area contributed by atoms with E-state index in [1.165, 1.54) is 23.9 Å². The van der Waals surface area contributed by atoms with Crippen molar-refractivity contribution in [1.82, 2.24) is 0 Å². The summed E-state index contributed by atoms with van der Waals surface area (Å²) in [5.74, 6) is -0.100. The fourth-order valence-electron chi connectivity index (χ4n) is 1.44. The summed E-state index contributed by atoms with van der Waals surface area (Å²) in [4.78, 5) is 12.4. The third kappa shape index (κ3) is 2.43. The van der Waals surface area contributed by atoms with Crippen LogP contribution in [0.5, 0.6) is 0 Å². The van der Waals surface area contributed by atoms with Crippen molar-refractivity contribution in [1.29, 1.82) is 0 Å². The predicted octanol–water partition coefficient (Wildman–Crippen LogP) is 2.44. The van der Waals surface area contributed by atoms with Gasteiger partial charge in [0.25, 0.3) is 9.05 Å². The van der Waals surface area contributed by atoms with Crippen LogP contribution < -0.4 is 5.32 Å². The molecule has 0 radical (unpaired) electrons. The van der Waals surface area contributed by atoms with E-state index in [9.17, 15) is 13.2 Å². The molecule has 7 heteroatoms. The minimum atomic E-state index is -3.74. The standard InChI is InChI=1S/C10H10ClNO3S2/c1-10(2)9(13)12-7-4-3-6(17(11,14)15)5-8(7)16-10/h3-5H,1-2H3,(H,12,13). The SMILES string of the molecule is CC1(C)Sc2cc(S(=O)(=O)Cl)ccc2NC1=O. The van der Waals surface area contributed by atoms with Crippen LogP contribution in [0.15, 0.2) is 28.0 Å². The first-order valence-electron chi connectivity index (χ1n) is 4.79. The van der Waals surface area contributed by atoms with Gasteiger partial charge in [0, 0.05) is 15.6 Å². The van der Waals surface area contributed by atoms with E-state index in [1.54, 1.807) is 19.9 Å². The second-order valence-corrected chi connectivity index (χ2v) is 8.39. The highest BCUT2D eigenvalue weighted by Gasteiger charge is 2.34. The maximum atomic E-state index is 11.7. The first-order valence-corrected chi connectivity index (χ1v) is 7.92. The summed E-state index contributed by atoms with van der Waals surface area (Å²) in [6.45, 7) is 3.55. The molecule has 0 fully saturated rings. The fraction of sp³-hybridized carbons (Fsp3) is 0.300. The Balaban J connectivity index is 2.52. The number of hydrogen-bond acceptors (Lipinski definition) is 4. The molecule has 1 aliphatic heterocycles. The van der Waals surface area contributed by atoms with Crippen LogP contribution in [0.4, 0.5) is 5.69 Å². The van der Waals surface area contributed by atoms with Gasteiger partial charge in [-0.2, -0.15) is 0 Å². The number of fused-ring (bicyclic) bond motifs is 1. The summed E-state index contributed by atoms with van der Waals surface area (Å²) >= 11 is 1.32. The lowest BCUT2D eigenvalue weighted by molar-refractivity contribution is -0.117. The van der Waals surface area contributed by atoms with Crippen molar-refractivity contribution in [3.8, 4) is 0 Å². The summed E-state index contributed by atoms with van der Waals surface area (Å²) in [7, 11) is 1.54. The number of amides is 1. The van der Waals surface area contributed by atoms with Gasteiger partial charge >= 0.3 is 0 Å². The molecular weight excluding hydrogens is 282 g/mol. The average Bonchev–Trinajstić information content (AvgIpc) is 2.17. The Morgan fingerprint density at radius 3 is 2.59 bits per heavy atom. The largest absolute Gasteiger partial charge is 0.324 e. The zero-order valence-electron chi connectivity index (χ0n) is 9.15. The molecule has 1 aromatic carbocycles. The summed E-state index contributed by atoms with van der Waals surface area (Å²) in [6.07, 6.45) is 0. The van der Waals surface area contributed by atoms with Crippen LogP contribution in [0.2, 0.25) is 0 Å². The number of halogens is 1. The second kappa shape index (κ2) is 3.90. The van der Waals surface area contributed by atoms with Gasteiger partial charge in [0.05, 0.1) is 15.3 Å². The van der Waals surface area contributed by atoms with Crippen LogP contribution in [0.25, 0.3) is 0 Å². The van der Waals surface area contributed by atoms with E-state index in [0.717, 1.165) is 0 Å². The first-order chi connectivity index (χ1) is 7.70. The third-order valence-corrected chi connectivity index (χ3v) is 5.00. The highest BCUT2D eigenvalue weighted by atomic mass is 35.7. The molecule has 0 saturated heterocycles. The van der Waals surface area contributed by atoms with Crippen molar-refractivity contribution >= 4 is 43.1 Å². The van der Waals surface area contributed by atoms with Crippen molar-refractivity contribution in [3.05, 3.63) is 18.2 Å². The highest BCUT2D eigenvalue weighted by Crippen LogP contribution is 2.43. The Bertz CT molecular complexity index is 596. The molecule has 92 valence electrons. The van der Waals surface area contributed by atoms with Gasteiger partial charge in [-0.1, -0.05) is 0 Å². The number of benzene rings is 1. The van der Waals surface area contributed by atoms with Crippen LogP contribution in [-0.4, -0.2) is 19.1 Å². The molecule has 17 heavy (non-hydrogen) atoms. The van der Waals surface area contributed by atoms with Crippen LogP contribution in [0.3, 0.4) is 0 Å². The molecule has 1 aromatic rings. The van der Waals surface area contributed by atoms with Gasteiger partial charge < -0.3 is 5.32 Å². The zero-order valence-corrected chi connectivity index (χ0v) is 11.5. The lowest BCUT2D eigenvalue weighted by Gasteiger charge is -2.29. The Kier molecular flexibility index (Phi) is 2.92.